The number of morpholine rings is 1. The van der Waals surface area contributed by atoms with Gasteiger partial charge in [0.05, 0.1) is 13.2 Å². The van der Waals surface area contributed by atoms with E-state index in [1.54, 1.807) is 0 Å². The fraction of sp³-hybridized carbons (Fsp3) is 0.917. The molecule has 1 saturated heterocycles. The number of hydrogen-bond donors (Lipinski definition) is 1. The zero-order chi connectivity index (χ0) is 14.8. The molecule has 0 aromatic rings. The van der Waals surface area contributed by atoms with Crippen molar-refractivity contribution in [3.63, 3.8) is 0 Å². The Morgan fingerprint density at radius 1 is 1.30 bits per heavy atom. The second-order valence-electron chi connectivity index (χ2n) is 4.58. The standard InChI is InChI=1S/C12H21F3N2O3/c13-12(14,15)10-20-7-1-2-11(18)16-3-4-17-5-8-19-9-6-17/h1-10H2,(H,16,18). The first-order valence-electron chi connectivity index (χ1n) is 6.69. The van der Waals surface area contributed by atoms with E-state index in [2.05, 4.69) is 15.0 Å². The molecule has 0 spiro atoms. The lowest BCUT2D eigenvalue weighted by atomic mass is 10.3. The molecule has 1 amide bonds. The highest BCUT2D eigenvalue weighted by Gasteiger charge is 2.27. The number of nitrogens with one attached hydrogen (secondary N) is 1. The Morgan fingerprint density at radius 2 is 2.00 bits per heavy atom. The topological polar surface area (TPSA) is 50.8 Å². The average Bonchev–Trinajstić information content (AvgIpc) is 2.38. The summed E-state index contributed by atoms with van der Waals surface area (Å²) in [5.41, 5.74) is 0. The summed E-state index contributed by atoms with van der Waals surface area (Å²) in [6.07, 6.45) is -3.83. The van der Waals surface area contributed by atoms with Crippen LogP contribution < -0.4 is 5.32 Å². The van der Waals surface area contributed by atoms with Crippen molar-refractivity contribution in [1.82, 2.24) is 10.2 Å². The van der Waals surface area contributed by atoms with Gasteiger partial charge >= 0.3 is 6.18 Å². The molecule has 1 aliphatic rings. The third-order valence-electron chi connectivity index (χ3n) is 2.81. The summed E-state index contributed by atoms with van der Waals surface area (Å²) in [5.74, 6) is -0.158. The van der Waals surface area contributed by atoms with Crippen molar-refractivity contribution in [2.75, 3.05) is 52.6 Å². The second kappa shape index (κ2) is 9.15. The van der Waals surface area contributed by atoms with Gasteiger partial charge in [-0.15, -0.1) is 0 Å². The largest absolute Gasteiger partial charge is 0.411 e. The van der Waals surface area contributed by atoms with Crippen LogP contribution >= 0.6 is 0 Å². The Hall–Kier alpha value is -0.860. The van der Waals surface area contributed by atoms with Crippen LogP contribution in [0.1, 0.15) is 12.8 Å². The van der Waals surface area contributed by atoms with Crippen LogP contribution in [0.4, 0.5) is 13.2 Å². The summed E-state index contributed by atoms with van der Waals surface area (Å²) in [7, 11) is 0. The van der Waals surface area contributed by atoms with Crippen LogP contribution in [0, 0.1) is 0 Å². The fourth-order valence-electron chi connectivity index (χ4n) is 1.79. The molecule has 5 nitrogen and oxygen atoms in total. The Bertz CT molecular complexity index is 282. The van der Waals surface area contributed by atoms with Crippen molar-refractivity contribution in [2.45, 2.75) is 19.0 Å². The van der Waals surface area contributed by atoms with Crippen molar-refractivity contribution in [3.8, 4) is 0 Å². The molecule has 0 aromatic carbocycles. The lowest BCUT2D eigenvalue weighted by Gasteiger charge is -2.26. The van der Waals surface area contributed by atoms with Gasteiger partial charge in [-0.1, -0.05) is 0 Å². The number of halogens is 3. The maximum Gasteiger partial charge on any atom is 0.411 e. The molecule has 1 heterocycles. The minimum Gasteiger partial charge on any atom is -0.379 e. The van der Waals surface area contributed by atoms with Gasteiger partial charge in [-0.3, -0.25) is 9.69 Å². The molecule has 0 atom stereocenters. The Kier molecular flexibility index (Phi) is 7.86. The number of hydrogen-bond acceptors (Lipinski definition) is 4. The molecule has 0 saturated carbocycles. The third-order valence-corrected chi connectivity index (χ3v) is 2.81. The first kappa shape index (κ1) is 17.2. The van der Waals surface area contributed by atoms with Crippen LogP contribution in [0.15, 0.2) is 0 Å². The molecule has 0 bridgehead atoms. The fourth-order valence-corrected chi connectivity index (χ4v) is 1.79. The SMILES string of the molecule is O=C(CCCOCC(F)(F)F)NCCN1CCOCC1. The van der Waals surface area contributed by atoms with Crippen LogP contribution in [-0.4, -0.2) is 69.6 Å². The molecule has 118 valence electrons. The molecule has 0 aliphatic carbocycles. The van der Waals surface area contributed by atoms with Crippen LogP contribution in [0.2, 0.25) is 0 Å². The predicted octanol–water partition coefficient (Wildman–Crippen LogP) is 0.794. The van der Waals surface area contributed by atoms with Crippen LogP contribution in [0.3, 0.4) is 0 Å². The van der Waals surface area contributed by atoms with E-state index in [4.69, 9.17) is 4.74 Å². The third kappa shape index (κ3) is 9.11. The van der Waals surface area contributed by atoms with E-state index in [0.717, 1.165) is 19.6 Å². The summed E-state index contributed by atoms with van der Waals surface area (Å²) in [4.78, 5) is 13.6. The molecule has 20 heavy (non-hydrogen) atoms. The number of amides is 1. The van der Waals surface area contributed by atoms with E-state index in [0.29, 0.717) is 26.2 Å². The lowest BCUT2D eigenvalue weighted by Crippen LogP contribution is -2.41. The minimum atomic E-state index is -4.31. The summed E-state index contributed by atoms with van der Waals surface area (Å²) in [6, 6.07) is 0. The number of carbonyl (C=O) groups is 1. The summed E-state index contributed by atoms with van der Waals surface area (Å²) in [6.45, 7) is 3.14. The molecule has 8 heteroatoms. The molecule has 1 rings (SSSR count). The molecule has 1 aliphatic heterocycles. The Labute approximate surface area is 116 Å². The number of rotatable bonds is 8. The first-order chi connectivity index (χ1) is 9.47. The summed E-state index contributed by atoms with van der Waals surface area (Å²) < 4.78 is 44.9. The lowest BCUT2D eigenvalue weighted by molar-refractivity contribution is -0.174. The van der Waals surface area contributed by atoms with Gasteiger partial charge in [-0.2, -0.15) is 13.2 Å². The van der Waals surface area contributed by atoms with E-state index >= 15 is 0 Å². The predicted molar refractivity (Wildman–Crippen MR) is 66.4 cm³/mol. The molecule has 0 aromatic heterocycles. The van der Waals surface area contributed by atoms with Gasteiger partial charge in [0, 0.05) is 39.2 Å². The summed E-state index contributed by atoms with van der Waals surface area (Å²) >= 11 is 0. The van der Waals surface area contributed by atoms with E-state index < -0.39 is 12.8 Å². The smallest absolute Gasteiger partial charge is 0.379 e. The van der Waals surface area contributed by atoms with Gasteiger partial charge in [0.25, 0.3) is 0 Å². The van der Waals surface area contributed by atoms with E-state index in [1.165, 1.54) is 0 Å². The van der Waals surface area contributed by atoms with E-state index in [9.17, 15) is 18.0 Å². The van der Waals surface area contributed by atoms with Gasteiger partial charge in [-0.05, 0) is 6.42 Å². The van der Waals surface area contributed by atoms with E-state index in [1.807, 2.05) is 0 Å². The van der Waals surface area contributed by atoms with Crippen molar-refractivity contribution >= 4 is 5.91 Å². The molecule has 0 unspecified atom stereocenters. The normalized spacial score (nSPS) is 17.1. The van der Waals surface area contributed by atoms with Gasteiger partial charge in [0.1, 0.15) is 6.61 Å². The van der Waals surface area contributed by atoms with Gasteiger partial charge in [0.15, 0.2) is 0 Å². The summed E-state index contributed by atoms with van der Waals surface area (Å²) in [5, 5.41) is 2.74. The Morgan fingerprint density at radius 3 is 2.65 bits per heavy atom. The van der Waals surface area contributed by atoms with E-state index in [-0.39, 0.29) is 18.9 Å². The van der Waals surface area contributed by atoms with Crippen molar-refractivity contribution < 1.29 is 27.4 Å². The second-order valence-corrected chi connectivity index (χ2v) is 4.58. The highest BCUT2D eigenvalue weighted by molar-refractivity contribution is 5.75. The zero-order valence-electron chi connectivity index (χ0n) is 11.4. The molecule has 0 radical (unpaired) electrons. The molecular formula is C12H21F3N2O3. The van der Waals surface area contributed by atoms with Crippen LogP contribution in [-0.2, 0) is 14.3 Å². The monoisotopic (exact) mass is 298 g/mol. The maximum absolute atomic E-state index is 11.8. The van der Waals surface area contributed by atoms with Crippen molar-refractivity contribution in [3.05, 3.63) is 0 Å². The van der Waals surface area contributed by atoms with Gasteiger partial charge < -0.3 is 14.8 Å². The number of nitrogens with zero attached hydrogens (tertiary/aromatic N) is 1. The van der Waals surface area contributed by atoms with Crippen LogP contribution in [0.5, 0.6) is 0 Å². The van der Waals surface area contributed by atoms with Crippen molar-refractivity contribution in [1.29, 1.82) is 0 Å². The maximum atomic E-state index is 11.8. The van der Waals surface area contributed by atoms with Gasteiger partial charge in [-0.25, -0.2) is 0 Å². The highest BCUT2D eigenvalue weighted by atomic mass is 19.4. The first-order valence-corrected chi connectivity index (χ1v) is 6.69. The molecule has 1 fully saturated rings. The average molecular weight is 298 g/mol. The molecule has 1 N–H and O–H groups in total. The molecular weight excluding hydrogens is 277 g/mol. The van der Waals surface area contributed by atoms with Crippen LogP contribution in [0.25, 0.3) is 0 Å². The highest BCUT2D eigenvalue weighted by Crippen LogP contribution is 2.14. The Balaban J connectivity index is 1.92. The zero-order valence-corrected chi connectivity index (χ0v) is 11.4. The number of alkyl halides is 3. The van der Waals surface area contributed by atoms with Gasteiger partial charge in [0.2, 0.25) is 5.91 Å². The number of ether oxygens (including phenoxy) is 2. The minimum absolute atomic E-state index is 0.0591. The quantitative estimate of drug-likeness (QED) is 0.673. The van der Waals surface area contributed by atoms with Crippen molar-refractivity contribution in [2.24, 2.45) is 0 Å². The number of carbonyl (C=O) groups excluding carboxylic acids is 1.